The highest BCUT2D eigenvalue weighted by Crippen LogP contribution is 2.74. The first kappa shape index (κ1) is 27.3. The second-order valence-corrected chi connectivity index (χ2v) is 15.4. The van der Waals surface area contributed by atoms with Gasteiger partial charge in [-0.15, -0.1) is 0 Å². The van der Waals surface area contributed by atoms with E-state index in [0.717, 1.165) is 32.1 Å². The Bertz CT molecular complexity index is 1540. The Labute approximate surface area is 245 Å². The number of fused-ring (bicyclic) bond motifs is 1. The second kappa shape index (κ2) is 8.97. The molecule has 5 heteroatoms. The van der Waals surface area contributed by atoms with Crippen molar-refractivity contribution < 1.29 is 0 Å². The average molecular weight is 556 g/mol. The molecule has 8 rings (SSSR count). The van der Waals surface area contributed by atoms with Gasteiger partial charge in [0.25, 0.3) is 0 Å². The van der Waals surface area contributed by atoms with Gasteiger partial charge < -0.3 is 0 Å². The van der Waals surface area contributed by atoms with Crippen LogP contribution in [-0.4, -0.2) is 13.9 Å². The summed E-state index contributed by atoms with van der Waals surface area (Å²) in [6.07, 6.45) is 17.6. The summed E-state index contributed by atoms with van der Waals surface area (Å²) in [5.41, 5.74) is 1.01. The number of nitrogens with zero attached hydrogens (tertiary/aromatic N) is 3. The van der Waals surface area contributed by atoms with Crippen LogP contribution in [0.2, 0.25) is 0 Å². The Kier molecular flexibility index (Phi) is 5.97. The van der Waals surface area contributed by atoms with E-state index in [-0.39, 0.29) is 22.2 Å². The molecule has 4 unspecified atom stereocenters. The lowest BCUT2D eigenvalue weighted by Crippen LogP contribution is -2.76. The Morgan fingerprint density at radius 3 is 2.41 bits per heavy atom. The van der Waals surface area contributed by atoms with Gasteiger partial charge in [0, 0.05) is 5.41 Å². The van der Waals surface area contributed by atoms with E-state index in [9.17, 15) is 9.59 Å². The van der Waals surface area contributed by atoms with Crippen LogP contribution >= 0.6 is 0 Å². The van der Waals surface area contributed by atoms with Crippen LogP contribution in [-0.2, 0) is 11.1 Å². The Hall–Kier alpha value is -2.56. The molecule has 0 amide bonds. The highest BCUT2D eigenvalue weighted by atomic mass is 16.2. The van der Waals surface area contributed by atoms with Crippen molar-refractivity contribution in [3.8, 4) is 5.69 Å². The molecule has 3 heterocycles. The van der Waals surface area contributed by atoms with Crippen molar-refractivity contribution in [1.82, 2.24) is 13.9 Å². The Morgan fingerprint density at radius 1 is 0.951 bits per heavy atom. The van der Waals surface area contributed by atoms with Crippen molar-refractivity contribution in [2.24, 2.45) is 40.4 Å². The molecule has 2 aromatic rings. The number of hydrogen-bond donors (Lipinski definition) is 0. The predicted molar refractivity (Wildman–Crippen MR) is 165 cm³/mol. The third kappa shape index (κ3) is 3.30. The van der Waals surface area contributed by atoms with Crippen LogP contribution in [0.15, 0.2) is 63.7 Å². The largest absolute Gasteiger partial charge is 0.352 e. The van der Waals surface area contributed by atoms with E-state index in [0.29, 0.717) is 35.3 Å². The van der Waals surface area contributed by atoms with Gasteiger partial charge in [0.2, 0.25) is 0 Å². The van der Waals surface area contributed by atoms with Gasteiger partial charge in [-0.1, -0.05) is 69.7 Å². The number of aromatic nitrogens is 3. The number of allylic oxidation sites excluding steroid dienone is 4. The summed E-state index contributed by atoms with van der Waals surface area (Å²) in [6, 6.07) is 9.62. The van der Waals surface area contributed by atoms with Crippen molar-refractivity contribution >= 4 is 0 Å². The van der Waals surface area contributed by atoms with E-state index < -0.39 is 11.1 Å². The quantitative estimate of drug-likeness (QED) is 0.360. The van der Waals surface area contributed by atoms with Crippen LogP contribution in [0.5, 0.6) is 0 Å². The lowest BCUT2D eigenvalue weighted by molar-refractivity contribution is -0.193. The summed E-state index contributed by atoms with van der Waals surface area (Å²) in [5.74, 6) is 2.52. The molecule has 3 fully saturated rings. The summed E-state index contributed by atoms with van der Waals surface area (Å²) in [5, 5.41) is 0. The zero-order valence-electron chi connectivity index (χ0n) is 26.0. The number of rotatable bonds is 5. The van der Waals surface area contributed by atoms with Crippen molar-refractivity contribution in [3.05, 3.63) is 75.1 Å². The first-order valence-corrected chi connectivity index (χ1v) is 16.4. The van der Waals surface area contributed by atoms with E-state index in [1.165, 1.54) is 35.8 Å². The molecule has 3 saturated carbocycles. The monoisotopic (exact) mass is 555 g/mol. The van der Waals surface area contributed by atoms with Crippen LogP contribution in [0, 0.1) is 40.4 Å². The SMILES string of the molecule is CC(C)=CCC[C@@H](C)[C@H]1CCC2C34C=CC5(C[C@@H](C)CC[C@]5(C)C3CC[C@@]21C)n1c(=O)n(-c2ccccc2)c(=O)n14. The second-order valence-electron chi connectivity index (χ2n) is 15.4. The van der Waals surface area contributed by atoms with E-state index in [1.54, 1.807) is 0 Å². The van der Waals surface area contributed by atoms with Gasteiger partial charge in [-0.05, 0) is 119 Å². The number of hydrogen-bond acceptors (Lipinski definition) is 2. The normalized spacial score (nSPS) is 40.8. The van der Waals surface area contributed by atoms with Gasteiger partial charge in [0.05, 0.1) is 16.8 Å². The molecule has 220 valence electrons. The minimum atomic E-state index is -0.450. The predicted octanol–water partition coefficient (Wildman–Crippen LogP) is 7.43. The molecule has 5 nitrogen and oxygen atoms in total. The highest BCUT2D eigenvalue weighted by Gasteiger charge is 2.74. The maximum atomic E-state index is 14.7. The molecule has 2 spiro atoms. The van der Waals surface area contributed by atoms with Crippen LogP contribution < -0.4 is 11.4 Å². The van der Waals surface area contributed by atoms with E-state index in [2.05, 4.69) is 59.8 Å². The smallest absolute Gasteiger partial charge is 0.245 e. The zero-order chi connectivity index (χ0) is 28.9. The summed E-state index contributed by atoms with van der Waals surface area (Å²) in [7, 11) is 0. The van der Waals surface area contributed by atoms with Gasteiger partial charge in [0.1, 0.15) is 0 Å². The molecule has 41 heavy (non-hydrogen) atoms. The maximum absolute atomic E-state index is 14.7. The Balaban J connectivity index is 1.44. The lowest BCUT2D eigenvalue weighted by atomic mass is 9.40. The van der Waals surface area contributed by atoms with Crippen molar-refractivity contribution in [1.29, 1.82) is 0 Å². The van der Waals surface area contributed by atoms with Gasteiger partial charge in [0.15, 0.2) is 0 Å². The summed E-state index contributed by atoms with van der Waals surface area (Å²) in [4.78, 5) is 29.3. The molecule has 1 aromatic carbocycles. The third-order valence-electron chi connectivity index (χ3n) is 13.3. The molecule has 4 aliphatic carbocycles. The van der Waals surface area contributed by atoms with Gasteiger partial charge >= 0.3 is 11.4 Å². The van der Waals surface area contributed by atoms with Crippen molar-refractivity contribution in [3.63, 3.8) is 0 Å². The van der Waals surface area contributed by atoms with Crippen LogP contribution in [0.1, 0.15) is 99.3 Å². The molecule has 0 radical (unpaired) electrons. The van der Waals surface area contributed by atoms with E-state index >= 15 is 0 Å². The third-order valence-corrected chi connectivity index (χ3v) is 13.3. The van der Waals surface area contributed by atoms with E-state index in [4.69, 9.17) is 0 Å². The summed E-state index contributed by atoms with van der Waals surface area (Å²) in [6.45, 7) is 14.2. The fourth-order valence-corrected chi connectivity index (χ4v) is 11.5. The molecular weight excluding hydrogens is 506 g/mol. The molecule has 2 aliphatic heterocycles. The van der Waals surface area contributed by atoms with Gasteiger partial charge in [-0.3, -0.25) is 0 Å². The maximum Gasteiger partial charge on any atom is 0.352 e. The molecule has 1 aromatic heterocycles. The van der Waals surface area contributed by atoms with Gasteiger partial charge in [-0.2, -0.15) is 0 Å². The van der Waals surface area contributed by atoms with Gasteiger partial charge in [-0.25, -0.2) is 23.5 Å². The highest BCUT2D eigenvalue weighted by molar-refractivity contribution is 5.38. The fraction of sp³-hybridized carbons (Fsp3) is 0.667. The molecule has 9 atom stereocenters. The molecule has 0 N–H and O–H groups in total. The number of para-hydroxylation sites is 1. The van der Waals surface area contributed by atoms with E-state index in [1.807, 2.05) is 39.7 Å². The molecule has 0 saturated heterocycles. The first-order valence-electron chi connectivity index (χ1n) is 16.4. The standard InChI is InChI=1S/C36H49N3O2/c1-24(2)11-10-12-26(4)28-15-16-29-33(28,5)19-18-30-34(6)20-17-25(3)23-35(34)21-22-36(29,30)39-32(41)37(31(40)38(35)39)27-13-8-7-9-14-27/h7-9,11,13-14,21-22,25-26,28-30H,10,12,15-20,23H2,1-6H3/t25-,26+,28+,29?,30?,33+,34+,35?,36?/m0/s1. The molecule has 2 bridgehead atoms. The first-order chi connectivity index (χ1) is 19.5. The lowest BCUT2D eigenvalue weighted by Gasteiger charge is -2.71. The van der Waals surface area contributed by atoms with Crippen molar-refractivity contribution in [2.45, 2.75) is 110 Å². The average Bonchev–Trinajstić information content (AvgIpc) is 3.44. The number of benzene rings is 1. The molecule has 6 aliphatic rings. The summed E-state index contributed by atoms with van der Waals surface area (Å²) < 4.78 is 5.54. The van der Waals surface area contributed by atoms with Crippen molar-refractivity contribution in [2.75, 3.05) is 0 Å². The summed E-state index contributed by atoms with van der Waals surface area (Å²) >= 11 is 0. The minimum Gasteiger partial charge on any atom is -0.245 e. The Morgan fingerprint density at radius 2 is 1.68 bits per heavy atom. The van der Waals surface area contributed by atoms with Crippen LogP contribution in [0.25, 0.3) is 5.69 Å². The minimum absolute atomic E-state index is 0.0398. The fourth-order valence-electron chi connectivity index (χ4n) is 11.5. The zero-order valence-corrected chi connectivity index (χ0v) is 26.0. The molecular formula is C36H49N3O2. The van der Waals surface area contributed by atoms with Crippen LogP contribution in [0.3, 0.4) is 0 Å². The van der Waals surface area contributed by atoms with Crippen LogP contribution in [0.4, 0.5) is 0 Å². The topological polar surface area (TPSA) is 48.9 Å².